The van der Waals surface area contributed by atoms with E-state index in [4.69, 9.17) is 10.5 Å². The van der Waals surface area contributed by atoms with E-state index in [0.29, 0.717) is 11.7 Å². The fraction of sp³-hybridized carbons (Fsp3) is 0.909. The first-order valence-corrected chi connectivity index (χ1v) is 6.54. The summed E-state index contributed by atoms with van der Waals surface area (Å²) in [6.07, 6.45) is 4.50. The van der Waals surface area contributed by atoms with Gasteiger partial charge in [-0.2, -0.15) is 11.8 Å². The molecule has 0 aromatic carbocycles. The molecule has 0 amide bonds. The average Bonchev–Trinajstić information content (AvgIpc) is 2.20. The molecule has 4 heteroatoms. The van der Waals surface area contributed by atoms with E-state index in [0.717, 1.165) is 12.8 Å². The van der Waals surface area contributed by atoms with Crippen LogP contribution in [0.3, 0.4) is 0 Å². The van der Waals surface area contributed by atoms with E-state index >= 15 is 0 Å². The van der Waals surface area contributed by atoms with Gasteiger partial charge in [0.05, 0.1) is 7.11 Å². The van der Waals surface area contributed by atoms with Crippen molar-refractivity contribution in [1.29, 1.82) is 0 Å². The fourth-order valence-corrected chi connectivity index (χ4v) is 3.43. The number of esters is 1. The molecule has 0 radical (unpaired) electrons. The maximum Gasteiger partial charge on any atom is 0.325 e. The van der Waals surface area contributed by atoms with Gasteiger partial charge in [-0.15, -0.1) is 0 Å². The van der Waals surface area contributed by atoms with Crippen molar-refractivity contribution >= 4 is 17.7 Å². The first-order valence-electron chi connectivity index (χ1n) is 5.26. The Morgan fingerprint density at radius 3 is 2.53 bits per heavy atom. The molecule has 2 atom stereocenters. The molecule has 0 spiro atoms. The van der Waals surface area contributed by atoms with E-state index < -0.39 is 5.54 Å². The maximum atomic E-state index is 11.6. The first-order chi connectivity index (χ1) is 6.85. The molecule has 0 aliphatic heterocycles. The molecule has 2 N–H and O–H groups in total. The Balaban J connectivity index is 2.80. The van der Waals surface area contributed by atoms with Crippen LogP contribution in [0.5, 0.6) is 0 Å². The Morgan fingerprint density at radius 1 is 1.47 bits per heavy atom. The van der Waals surface area contributed by atoms with Crippen LogP contribution in [0.1, 0.15) is 33.1 Å². The van der Waals surface area contributed by atoms with E-state index in [9.17, 15) is 4.79 Å². The van der Waals surface area contributed by atoms with E-state index in [1.165, 1.54) is 7.11 Å². The van der Waals surface area contributed by atoms with Crippen molar-refractivity contribution in [1.82, 2.24) is 0 Å². The maximum absolute atomic E-state index is 11.6. The van der Waals surface area contributed by atoms with Gasteiger partial charge in [0.15, 0.2) is 0 Å². The normalized spacial score (nSPS) is 34.9. The van der Waals surface area contributed by atoms with Crippen molar-refractivity contribution in [2.45, 2.75) is 43.9 Å². The van der Waals surface area contributed by atoms with Gasteiger partial charge in [-0.25, -0.2) is 0 Å². The highest BCUT2D eigenvalue weighted by Crippen LogP contribution is 2.45. The van der Waals surface area contributed by atoms with Crippen LogP contribution in [0.2, 0.25) is 0 Å². The number of thioether (sulfide) groups is 1. The van der Waals surface area contributed by atoms with Crippen LogP contribution in [0.4, 0.5) is 0 Å². The Bertz CT molecular complexity index is 255. The van der Waals surface area contributed by atoms with Crippen molar-refractivity contribution in [3.8, 4) is 0 Å². The number of nitrogens with two attached hydrogens (primary N) is 1. The number of methoxy groups -OCH3 is 1. The van der Waals surface area contributed by atoms with Crippen molar-refractivity contribution in [2.75, 3.05) is 13.4 Å². The Hall–Kier alpha value is -0.220. The SMILES string of the molecule is COC(=O)C1(N)CCC(C)(C)C(SC)C1. The summed E-state index contributed by atoms with van der Waals surface area (Å²) < 4.78 is 4.78. The van der Waals surface area contributed by atoms with Crippen molar-refractivity contribution < 1.29 is 9.53 Å². The predicted molar refractivity (Wildman–Crippen MR) is 63.9 cm³/mol. The van der Waals surface area contributed by atoms with Gasteiger partial charge in [0.1, 0.15) is 5.54 Å². The van der Waals surface area contributed by atoms with E-state index in [1.807, 2.05) is 0 Å². The first kappa shape index (κ1) is 12.8. The largest absolute Gasteiger partial charge is 0.468 e. The molecule has 1 fully saturated rings. The minimum atomic E-state index is -0.766. The molecule has 0 saturated heterocycles. The molecule has 1 saturated carbocycles. The van der Waals surface area contributed by atoms with Gasteiger partial charge in [0.25, 0.3) is 0 Å². The summed E-state index contributed by atoms with van der Waals surface area (Å²) in [4.78, 5) is 11.6. The second-order valence-electron chi connectivity index (χ2n) is 5.06. The van der Waals surface area contributed by atoms with Gasteiger partial charge in [-0.3, -0.25) is 4.79 Å². The monoisotopic (exact) mass is 231 g/mol. The van der Waals surface area contributed by atoms with E-state index in [2.05, 4.69) is 20.1 Å². The van der Waals surface area contributed by atoms with Crippen LogP contribution < -0.4 is 5.73 Å². The Labute approximate surface area is 96.1 Å². The number of hydrogen-bond donors (Lipinski definition) is 1. The molecule has 15 heavy (non-hydrogen) atoms. The number of carbonyl (C=O) groups is 1. The van der Waals surface area contributed by atoms with Gasteiger partial charge in [0.2, 0.25) is 0 Å². The van der Waals surface area contributed by atoms with Crippen molar-refractivity contribution in [3.63, 3.8) is 0 Å². The molecule has 1 aliphatic carbocycles. The Morgan fingerprint density at radius 2 is 2.07 bits per heavy atom. The number of rotatable bonds is 2. The average molecular weight is 231 g/mol. The summed E-state index contributed by atoms with van der Waals surface area (Å²) in [6, 6.07) is 0. The molecule has 88 valence electrons. The minimum absolute atomic E-state index is 0.260. The quantitative estimate of drug-likeness (QED) is 0.736. The molecule has 1 rings (SSSR count). The second kappa shape index (κ2) is 4.34. The van der Waals surface area contributed by atoms with Crippen LogP contribution in [-0.4, -0.2) is 30.1 Å². The van der Waals surface area contributed by atoms with Crippen molar-refractivity contribution in [2.24, 2.45) is 11.1 Å². The standard InChI is InChI=1S/C11H21NO2S/c1-10(2)5-6-11(12,9(13)14-3)7-8(10)15-4/h8H,5-7,12H2,1-4H3. The zero-order valence-corrected chi connectivity index (χ0v) is 10.8. The molecule has 0 aromatic rings. The molecule has 0 bridgehead atoms. The van der Waals surface area contributed by atoms with Gasteiger partial charge >= 0.3 is 5.97 Å². The van der Waals surface area contributed by atoms with E-state index in [1.54, 1.807) is 11.8 Å². The Kier molecular flexibility index (Phi) is 3.71. The zero-order valence-electron chi connectivity index (χ0n) is 10.0. The summed E-state index contributed by atoms with van der Waals surface area (Å²) in [6.45, 7) is 4.48. The zero-order chi connectivity index (χ0) is 11.7. The number of ether oxygens (including phenoxy) is 1. The van der Waals surface area contributed by atoms with Crippen LogP contribution in [-0.2, 0) is 9.53 Å². The highest BCUT2D eigenvalue weighted by atomic mass is 32.2. The van der Waals surface area contributed by atoms with Gasteiger partial charge in [0, 0.05) is 5.25 Å². The molecular formula is C11H21NO2S. The summed E-state index contributed by atoms with van der Waals surface area (Å²) in [7, 11) is 1.41. The van der Waals surface area contributed by atoms with Crippen LogP contribution in [0.25, 0.3) is 0 Å². The smallest absolute Gasteiger partial charge is 0.325 e. The molecule has 1 aliphatic rings. The molecule has 2 unspecified atom stereocenters. The molecule has 3 nitrogen and oxygen atoms in total. The summed E-state index contributed by atoms with van der Waals surface area (Å²) >= 11 is 1.80. The summed E-state index contributed by atoms with van der Waals surface area (Å²) in [5.41, 5.74) is 5.61. The summed E-state index contributed by atoms with van der Waals surface area (Å²) in [5.74, 6) is -0.267. The lowest BCUT2D eigenvalue weighted by Crippen LogP contribution is -2.56. The topological polar surface area (TPSA) is 52.3 Å². The van der Waals surface area contributed by atoms with Gasteiger partial charge in [-0.1, -0.05) is 13.8 Å². The lowest BCUT2D eigenvalue weighted by Gasteiger charge is -2.44. The highest BCUT2D eigenvalue weighted by Gasteiger charge is 2.46. The van der Waals surface area contributed by atoms with Crippen LogP contribution in [0, 0.1) is 5.41 Å². The predicted octanol–water partition coefficient (Wildman–Crippen LogP) is 1.80. The van der Waals surface area contributed by atoms with E-state index in [-0.39, 0.29) is 11.4 Å². The van der Waals surface area contributed by atoms with Crippen molar-refractivity contribution in [3.05, 3.63) is 0 Å². The lowest BCUT2D eigenvalue weighted by atomic mass is 9.69. The summed E-state index contributed by atoms with van der Waals surface area (Å²) in [5, 5.41) is 0.426. The minimum Gasteiger partial charge on any atom is -0.468 e. The molecular weight excluding hydrogens is 210 g/mol. The third-order valence-corrected chi connectivity index (χ3v) is 4.89. The fourth-order valence-electron chi connectivity index (χ4n) is 2.21. The molecule has 0 heterocycles. The van der Waals surface area contributed by atoms with Crippen LogP contribution >= 0.6 is 11.8 Å². The third kappa shape index (κ3) is 2.48. The van der Waals surface area contributed by atoms with Crippen LogP contribution in [0.15, 0.2) is 0 Å². The lowest BCUT2D eigenvalue weighted by molar-refractivity contribution is -0.149. The third-order valence-electron chi connectivity index (χ3n) is 3.51. The number of carbonyl (C=O) groups excluding carboxylic acids is 1. The second-order valence-corrected chi connectivity index (χ2v) is 6.11. The van der Waals surface area contributed by atoms with Gasteiger partial charge < -0.3 is 10.5 Å². The highest BCUT2D eigenvalue weighted by molar-refractivity contribution is 7.99. The van der Waals surface area contributed by atoms with Gasteiger partial charge in [-0.05, 0) is 30.9 Å². The number of hydrogen-bond acceptors (Lipinski definition) is 4. The molecule has 0 aromatic heterocycles.